The maximum Gasteiger partial charge on any atom is 0.306 e. The number of hydrogen-bond donors (Lipinski definition) is 0. The monoisotopic (exact) mass is 821 g/mol. The Balaban J connectivity index is 4.25. The van der Waals surface area contributed by atoms with Crippen molar-refractivity contribution in [3.63, 3.8) is 0 Å². The average molecular weight is 821 g/mol. The van der Waals surface area contributed by atoms with Crippen molar-refractivity contribution in [2.75, 3.05) is 13.2 Å². The van der Waals surface area contributed by atoms with Crippen molar-refractivity contribution in [1.29, 1.82) is 0 Å². The fourth-order valence-corrected chi connectivity index (χ4v) is 7.86. The zero-order valence-electron chi connectivity index (χ0n) is 39.5. The van der Waals surface area contributed by atoms with E-state index in [4.69, 9.17) is 14.2 Å². The third-order valence-electron chi connectivity index (χ3n) is 11.8. The Kier molecular flexibility index (Phi) is 45.2. The van der Waals surface area contributed by atoms with Gasteiger partial charge in [-0.2, -0.15) is 0 Å². The Morgan fingerprint density at radius 2 is 0.569 bits per heavy atom. The number of rotatable bonds is 47. The van der Waals surface area contributed by atoms with E-state index in [-0.39, 0.29) is 31.1 Å². The number of ether oxygens (including phenoxy) is 3. The molecule has 0 heterocycles. The summed E-state index contributed by atoms with van der Waals surface area (Å²) in [6.07, 6.45) is 48.2. The van der Waals surface area contributed by atoms with Gasteiger partial charge in [0.25, 0.3) is 0 Å². The van der Waals surface area contributed by atoms with Gasteiger partial charge in [0.1, 0.15) is 13.2 Å². The Labute approximate surface area is 361 Å². The smallest absolute Gasteiger partial charge is 0.306 e. The maximum absolute atomic E-state index is 12.8. The third-order valence-corrected chi connectivity index (χ3v) is 11.8. The standard InChI is InChI=1S/C52H100O6/c1-5-7-9-11-13-15-17-19-20-21-22-23-25-27-29-31-37-41-45-52(55)58-49(47-57-51(54)44-40-36-33-32-34-38-42-48(3)4)46-56-50(53)43-39-35-30-28-26-24-18-16-14-12-10-8-6-2/h48-49H,5-47H2,1-4H3/t49-/m1/s1. The molecule has 0 bridgehead atoms. The van der Waals surface area contributed by atoms with Crippen LogP contribution in [0.1, 0.15) is 291 Å². The molecule has 0 saturated carbocycles. The molecule has 0 N–H and O–H groups in total. The minimum Gasteiger partial charge on any atom is -0.462 e. The first kappa shape index (κ1) is 56.4. The normalized spacial score (nSPS) is 11.9. The van der Waals surface area contributed by atoms with Gasteiger partial charge < -0.3 is 14.2 Å². The highest BCUT2D eigenvalue weighted by Crippen LogP contribution is 2.17. The molecule has 6 nitrogen and oxygen atoms in total. The molecule has 0 rings (SSSR count). The van der Waals surface area contributed by atoms with Crippen LogP contribution in [0, 0.1) is 5.92 Å². The first-order valence-electron chi connectivity index (χ1n) is 25.9. The minimum atomic E-state index is -0.761. The van der Waals surface area contributed by atoms with Gasteiger partial charge in [0.2, 0.25) is 0 Å². The average Bonchev–Trinajstić information content (AvgIpc) is 3.21. The summed E-state index contributed by atoms with van der Waals surface area (Å²) in [6, 6.07) is 0. The summed E-state index contributed by atoms with van der Waals surface area (Å²) in [7, 11) is 0. The maximum atomic E-state index is 12.8. The van der Waals surface area contributed by atoms with Crippen molar-refractivity contribution in [3.8, 4) is 0 Å². The van der Waals surface area contributed by atoms with E-state index in [1.165, 1.54) is 186 Å². The van der Waals surface area contributed by atoms with Gasteiger partial charge in [-0.3, -0.25) is 14.4 Å². The topological polar surface area (TPSA) is 78.9 Å². The fraction of sp³-hybridized carbons (Fsp3) is 0.942. The Morgan fingerprint density at radius 1 is 0.328 bits per heavy atom. The van der Waals surface area contributed by atoms with Crippen molar-refractivity contribution >= 4 is 17.9 Å². The van der Waals surface area contributed by atoms with Gasteiger partial charge in [0.05, 0.1) is 0 Å². The van der Waals surface area contributed by atoms with E-state index in [9.17, 15) is 14.4 Å². The molecule has 0 fully saturated rings. The van der Waals surface area contributed by atoms with E-state index in [0.717, 1.165) is 63.7 Å². The quantitative estimate of drug-likeness (QED) is 0.0346. The molecular formula is C52H100O6. The second-order valence-electron chi connectivity index (χ2n) is 18.3. The molecule has 0 spiro atoms. The predicted octanol–water partition coefficient (Wildman–Crippen LogP) is 16.7. The van der Waals surface area contributed by atoms with Crippen LogP contribution in [0.2, 0.25) is 0 Å². The SMILES string of the molecule is CCCCCCCCCCCCCCCCCCCCC(=O)O[C@H](COC(=O)CCCCCCCCCCCCCCC)COC(=O)CCCCCCCCC(C)C. The number of unbranched alkanes of at least 4 members (excludes halogenated alkanes) is 34. The van der Waals surface area contributed by atoms with E-state index in [1.54, 1.807) is 0 Å². The molecule has 0 aliphatic rings. The van der Waals surface area contributed by atoms with Gasteiger partial charge in [-0.25, -0.2) is 0 Å². The molecule has 1 atom stereocenters. The minimum absolute atomic E-state index is 0.0637. The lowest BCUT2D eigenvalue weighted by Crippen LogP contribution is -2.30. The summed E-state index contributed by atoms with van der Waals surface area (Å²) >= 11 is 0. The molecular weight excluding hydrogens is 721 g/mol. The molecule has 0 aromatic rings. The van der Waals surface area contributed by atoms with Gasteiger partial charge in [-0.15, -0.1) is 0 Å². The highest BCUT2D eigenvalue weighted by molar-refractivity contribution is 5.71. The lowest BCUT2D eigenvalue weighted by molar-refractivity contribution is -0.167. The van der Waals surface area contributed by atoms with Crippen LogP contribution in [0.25, 0.3) is 0 Å². The molecule has 0 saturated heterocycles. The van der Waals surface area contributed by atoms with Gasteiger partial charge >= 0.3 is 17.9 Å². The summed E-state index contributed by atoms with van der Waals surface area (Å²) < 4.78 is 16.8. The van der Waals surface area contributed by atoms with Crippen LogP contribution in [0.4, 0.5) is 0 Å². The summed E-state index contributed by atoms with van der Waals surface area (Å²) in [6.45, 7) is 8.96. The Bertz CT molecular complexity index is 872. The number of carbonyl (C=O) groups is 3. The summed E-state index contributed by atoms with van der Waals surface area (Å²) in [5.74, 6) is -0.0865. The molecule has 58 heavy (non-hydrogen) atoms. The molecule has 0 aliphatic heterocycles. The molecule has 0 aromatic heterocycles. The van der Waals surface area contributed by atoms with Crippen molar-refractivity contribution in [1.82, 2.24) is 0 Å². The molecule has 0 amide bonds. The van der Waals surface area contributed by atoms with Gasteiger partial charge in [-0.1, -0.05) is 252 Å². The Morgan fingerprint density at radius 3 is 0.845 bits per heavy atom. The zero-order valence-corrected chi connectivity index (χ0v) is 39.5. The fourth-order valence-electron chi connectivity index (χ4n) is 7.86. The van der Waals surface area contributed by atoms with Crippen molar-refractivity contribution in [2.45, 2.75) is 297 Å². The van der Waals surface area contributed by atoms with Crippen molar-refractivity contribution in [2.24, 2.45) is 5.92 Å². The number of carbonyl (C=O) groups excluding carboxylic acids is 3. The highest BCUT2D eigenvalue weighted by atomic mass is 16.6. The Hall–Kier alpha value is -1.59. The highest BCUT2D eigenvalue weighted by Gasteiger charge is 2.19. The van der Waals surface area contributed by atoms with E-state index in [2.05, 4.69) is 27.7 Å². The molecule has 0 aromatic carbocycles. The third kappa shape index (κ3) is 45.5. The van der Waals surface area contributed by atoms with Crippen LogP contribution in [-0.2, 0) is 28.6 Å². The largest absolute Gasteiger partial charge is 0.462 e. The second kappa shape index (κ2) is 46.5. The lowest BCUT2D eigenvalue weighted by Gasteiger charge is -2.18. The van der Waals surface area contributed by atoms with Gasteiger partial charge in [-0.05, 0) is 25.2 Å². The van der Waals surface area contributed by atoms with Crippen LogP contribution in [0.15, 0.2) is 0 Å². The van der Waals surface area contributed by atoms with Gasteiger partial charge in [0, 0.05) is 19.3 Å². The number of esters is 3. The van der Waals surface area contributed by atoms with Gasteiger partial charge in [0.15, 0.2) is 6.10 Å². The molecule has 0 unspecified atom stereocenters. The van der Waals surface area contributed by atoms with E-state index < -0.39 is 6.10 Å². The van der Waals surface area contributed by atoms with Crippen LogP contribution in [0.5, 0.6) is 0 Å². The van der Waals surface area contributed by atoms with E-state index in [0.29, 0.717) is 19.3 Å². The summed E-state index contributed by atoms with van der Waals surface area (Å²) in [4.78, 5) is 37.8. The zero-order chi connectivity index (χ0) is 42.4. The van der Waals surface area contributed by atoms with Crippen LogP contribution in [-0.4, -0.2) is 37.2 Å². The van der Waals surface area contributed by atoms with Crippen molar-refractivity contribution < 1.29 is 28.6 Å². The summed E-state index contributed by atoms with van der Waals surface area (Å²) in [5.41, 5.74) is 0. The van der Waals surface area contributed by atoms with E-state index >= 15 is 0 Å². The first-order valence-corrected chi connectivity index (χ1v) is 25.9. The molecule has 6 heteroatoms. The summed E-state index contributed by atoms with van der Waals surface area (Å²) in [5, 5.41) is 0. The van der Waals surface area contributed by atoms with Crippen LogP contribution >= 0.6 is 0 Å². The van der Waals surface area contributed by atoms with Crippen molar-refractivity contribution in [3.05, 3.63) is 0 Å². The van der Waals surface area contributed by atoms with Crippen LogP contribution < -0.4 is 0 Å². The molecule has 0 radical (unpaired) electrons. The van der Waals surface area contributed by atoms with E-state index in [1.807, 2.05) is 0 Å². The predicted molar refractivity (Wildman–Crippen MR) is 247 cm³/mol. The van der Waals surface area contributed by atoms with Crippen LogP contribution in [0.3, 0.4) is 0 Å². The molecule has 344 valence electrons. The second-order valence-corrected chi connectivity index (χ2v) is 18.3. The lowest BCUT2D eigenvalue weighted by atomic mass is 10.0. The molecule has 0 aliphatic carbocycles. The first-order chi connectivity index (χ1) is 28.4. The number of hydrogen-bond acceptors (Lipinski definition) is 6.